The molecule has 3 rings (SSSR count). The number of hydrogen-bond donors (Lipinski definition) is 2. The van der Waals surface area contributed by atoms with Gasteiger partial charge in [0, 0.05) is 18.3 Å². The van der Waals surface area contributed by atoms with Gasteiger partial charge < -0.3 is 10.2 Å². The van der Waals surface area contributed by atoms with Crippen molar-refractivity contribution in [3.63, 3.8) is 0 Å². The standard InChI is InChI=1S/C24H36O4/c1-6-8-17-12(3)9-15-10-13(4)22(26)16(7-2)19(15)20(17)24(28)21-18(25)11-14(5)23(21)27/h9,13-17,19-20,22,26-27H,6-8,10-11H2,1-5H3. The van der Waals surface area contributed by atoms with E-state index in [-0.39, 0.29) is 70.7 Å². The largest absolute Gasteiger partial charge is 0.511 e. The van der Waals surface area contributed by atoms with Gasteiger partial charge in [-0.25, -0.2) is 0 Å². The van der Waals surface area contributed by atoms with Gasteiger partial charge in [0.15, 0.2) is 11.6 Å². The summed E-state index contributed by atoms with van der Waals surface area (Å²) in [6.07, 6.45) is 5.68. The second kappa shape index (κ2) is 8.14. The molecule has 0 aliphatic heterocycles. The number of carbonyl (C=O) groups excluding carboxylic acids is 2. The lowest BCUT2D eigenvalue weighted by atomic mass is 9.53. The highest BCUT2D eigenvalue weighted by atomic mass is 16.3. The van der Waals surface area contributed by atoms with Gasteiger partial charge in [-0.05, 0) is 49.4 Å². The van der Waals surface area contributed by atoms with Gasteiger partial charge >= 0.3 is 0 Å². The van der Waals surface area contributed by atoms with E-state index in [4.69, 9.17) is 0 Å². The first kappa shape index (κ1) is 21.3. The van der Waals surface area contributed by atoms with Gasteiger partial charge in [-0.3, -0.25) is 9.59 Å². The van der Waals surface area contributed by atoms with Crippen molar-refractivity contribution in [3.8, 4) is 0 Å². The van der Waals surface area contributed by atoms with Crippen molar-refractivity contribution in [2.45, 2.75) is 72.8 Å². The highest BCUT2D eigenvalue weighted by molar-refractivity contribution is 6.23. The summed E-state index contributed by atoms with van der Waals surface area (Å²) in [6, 6.07) is 0. The van der Waals surface area contributed by atoms with Crippen LogP contribution < -0.4 is 0 Å². The Morgan fingerprint density at radius 3 is 2.46 bits per heavy atom. The van der Waals surface area contributed by atoms with Gasteiger partial charge in [0.25, 0.3) is 0 Å². The molecule has 0 aromatic rings. The lowest BCUT2D eigenvalue weighted by Gasteiger charge is -2.51. The van der Waals surface area contributed by atoms with Crippen molar-refractivity contribution in [1.29, 1.82) is 0 Å². The van der Waals surface area contributed by atoms with E-state index in [2.05, 4.69) is 33.8 Å². The van der Waals surface area contributed by atoms with Crippen LogP contribution in [0.1, 0.15) is 66.7 Å². The van der Waals surface area contributed by atoms with Gasteiger partial charge in [0.1, 0.15) is 5.76 Å². The fraction of sp³-hybridized carbons (Fsp3) is 0.750. The Kier molecular flexibility index (Phi) is 6.19. The van der Waals surface area contributed by atoms with Crippen LogP contribution >= 0.6 is 0 Å². The van der Waals surface area contributed by atoms with Crippen molar-refractivity contribution in [3.05, 3.63) is 23.0 Å². The zero-order chi connectivity index (χ0) is 20.7. The number of fused-ring (bicyclic) bond motifs is 1. The molecule has 4 heteroatoms. The second-order valence-corrected chi connectivity index (χ2v) is 9.50. The van der Waals surface area contributed by atoms with Crippen molar-refractivity contribution in [2.24, 2.45) is 41.4 Å². The predicted molar refractivity (Wildman–Crippen MR) is 110 cm³/mol. The molecule has 3 aliphatic rings. The van der Waals surface area contributed by atoms with E-state index < -0.39 is 6.10 Å². The number of aliphatic hydroxyl groups excluding tert-OH is 2. The van der Waals surface area contributed by atoms with Crippen LogP contribution in [-0.4, -0.2) is 27.9 Å². The molecule has 3 aliphatic carbocycles. The molecular formula is C24H36O4. The highest BCUT2D eigenvalue weighted by Crippen LogP contribution is 2.53. The Morgan fingerprint density at radius 2 is 1.93 bits per heavy atom. The van der Waals surface area contributed by atoms with E-state index in [1.807, 2.05) is 0 Å². The average Bonchev–Trinajstić information content (AvgIpc) is 2.89. The Morgan fingerprint density at radius 1 is 1.25 bits per heavy atom. The molecule has 156 valence electrons. The zero-order valence-electron chi connectivity index (χ0n) is 17.9. The van der Waals surface area contributed by atoms with Gasteiger partial charge in [-0.15, -0.1) is 0 Å². The first-order chi connectivity index (χ1) is 13.2. The summed E-state index contributed by atoms with van der Waals surface area (Å²) in [5.41, 5.74) is 1.29. The summed E-state index contributed by atoms with van der Waals surface area (Å²) in [5, 5.41) is 21.4. The summed E-state index contributed by atoms with van der Waals surface area (Å²) in [4.78, 5) is 26.3. The number of aliphatic hydroxyl groups is 2. The lowest BCUT2D eigenvalue weighted by Crippen LogP contribution is -2.51. The molecule has 0 amide bonds. The molecule has 1 fully saturated rings. The van der Waals surface area contributed by atoms with E-state index >= 15 is 0 Å². The van der Waals surface area contributed by atoms with Crippen LogP contribution in [0.5, 0.6) is 0 Å². The Bertz CT molecular complexity index is 703. The summed E-state index contributed by atoms with van der Waals surface area (Å²) in [6.45, 7) is 10.2. The molecule has 0 saturated heterocycles. The third-order valence-electron chi connectivity index (χ3n) is 7.68. The fourth-order valence-electron chi connectivity index (χ4n) is 6.30. The van der Waals surface area contributed by atoms with Gasteiger partial charge in [-0.1, -0.05) is 52.2 Å². The van der Waals surface area contributed by atoms with Crippen molar-refractivity contribution >= 4 is 11.6 Å². The molecule has 28 heavy (non-hydrogen) atoms. The third kappa shape index (κ3) is 3.38. The third-order valence-corrected chi connectivity index (χ3v) is 7.68. The lowest BCUT2D eigenvalue weighted by molar-refractivity contribution is -0.131. The van der Waals surface area contributed by atoms with Crippen molar-refractivity contribution in [2.75, 3.05) is 0 Å². The number of rotatable bonds is 5. The predicted octanol–water partition coefficient (Wildman–Crippen LogP) is 4.63. The molecule has 0 spiro atoms. The smallest absolute Gasteiger partial charge is 0.173 e. The van der Waals surface area contributed by atoms with E-state index in [0.717, 1.165) is 25.7 Å². The second-order valence-electron chi connectivity index (χ2n) is 9.50. The van der Waals surface area contributed by atoms with E-state index in [9.17, 15) is 19.8 Å². The average molecular weight is 389 g/mol. The van der Waals surface area contributed by atoms with E-state index in [0.29, 0.717) is 0 Å². The Labute approximate surface area is 169 Å². The Hall–Kier alpha value is -1.42. The molecule has 0 bridgehead atoms. The van der Waals surface area contributed by atoms with Crippen LogP contribution in [0, 0.1) is 41.4 Å². The van der Waals surface area contributed by atoms with Gasteiger partial charge in [0.05, 0.1) is 11.7 Å². The van der Waals surface area contributed by atoms with Crippen molar-refractivity contribution in [1.82, 2.24) is 0 Å². The van der Waals surface area contributed by atoms with Crippen LogP contribution in [0.2, 0.25) is 0 Å². The molecule has 1 saturated carbocycles. The minimum absolute atomic E-state index is 0.0215. The molecule has 0 radical (unpaired) electrons. The van der Waals surface area contributed by atoms with Crippen LogP contribution in [-0.2, 0) is 9.59 Å². The van der Waals surface area contributed by atoms with Crippen LogP contribution in [0.25, 0.3) is 0 Å². The minimum atomic E-state index is -0.420. The van der Waals surface area contributed by atoms with Gasteiger partial charge in [-0.2, -0.15) is 0 Å². The molecule has 0 aromatic carbocycles. The maximum Gasteiger partial charge on any atom is 0.173 e. The maximum absolute atomic E-state index is 13.8. The number of carbonyl (C=O) groups is 2. The first-order valence-electron chi connectivity index (χ1n) is 11.1. The molecule has 4 nitrogen and oxygen atoms in total. The highest BCUT2D eigenvalue weighted by Gasteiger charge is 2.52. The monoisotopic (exact) mass is 388 g/mol. The van der Waals surface area contributed by atoms with Crippen LogP contribution in [0.15, 0.2) is 23.0 Å². The zero-order valence-corrected chi connectivity index (χ0v) is 17.9. The molecule has 0 heterocycles. The maximum atomic E-state index is 13.8. The summed E-state index contributed by atoms with van der Waals surface area (Å²) in [7, 11) is 0. The van der Waals surface area contributed by atoms with Gasteiger partial charge in [0.2, 0.25) is 0 Å². The summed E-state index contributed by atoms with van der Waals surface area (Å²) in [5.74, 6) is -0.393. The minimum Gasteiger partial charge on any atom is -0.511 e. The van der Waals surface area contributed by atoms with Crippen LogP contribution in [0.3, 0.4) is 0 Å². The quantitative estimate of drug-likeness (QED) is 0.532. The molecule has 0 aromatic heterocycles. The summed E-state index contributed by atoms with van der Waals surface area (Å²) < 4.78 is 0. The van der Waals surface area contributed by atoms with E-state index in [1.54, 1.807) is 6.92 Å². The molecule has 8 unspecified atom stereocenters. The summed E-state index contributed by atoms with van der Waals surface area (Å²) >= 11 is 0. The molecule has 8 atom stereocenters. The van der Waals surface area contributed by atoms with Crippen LogP contribution in [0.4, 0.5) is 0 Å². The molecular weight excluding hydrogens is 352 g/mol. The number of ketones is 2. The Balaban J connectivity index is 2.09. The first-order valence-corrected chi connectivity index (χ1v) is 11.1. The van der Waals surface area contributed by atoms with Crippen molar-refractivity contribution < 1.29 is 19.8 Å². The normalized spacial score (nSPS) is 41.1. The number of hydrogen-bond acceptors (Lipinski definition) is 4. The number of allylic oxidation sites excluding steroid dienone is 4. The SMILES string of the molecule is CCCC1C(C)=CC2CC(C)C(O)C(CC)C2C1C(=O)C1=C(O)C(C)CC1=O. The topological polar surface area (TPSA) is 74.6 Å². The molecule has 2 N–H and O–H groups in total. The number of Topliss-reactive ketones (excluding diaryl/α,β-unsaturated/α-hetero) is 2. The van der Waals surface area contributed by atoms with E-state index in [1.165, 1.54) is 5.57 Å². The fourth-order valence-corrected chi connectivity index (χ4v) is 6.30.